The van der Waals surface area contributed by atoms with E-state index in [0.29, 0.717) is 12.1 Å². The van der Waals surface area contributed by atoms with Gasteiger partial charge in [-0.05, 0) is 37.2 Å². The van der Waals surface area contributed by atoms with Crippen molar-refractivity contribution in [1.82, 2.24) is 5.32 Å². The molecule has 0 radical (unpaired) electrons. The van der Waals surface area contributed by atoms with Gasteiger partial charge in [-0.15, -0.1) is 12.4 Å². The summed E-state index contributed by atoms with van der Waals surface area (Å²) in [5.74, 6) is 0.247. The summed E-state index contributed by atoms with van der Waals surface area (Å²) in [5.41, 5.74) is 0.636. The number of nitrogens with one attached hydrogen (secondary N) is 1. The molecule has 3 nitrogen and oxygen atoms in total. The third-order valence-corrected chi connectivity index (χ3v) is 2.18. The van der Waals surface area contributed by atoms with Crippen LogP contribution in [0.5, 0.6) is 5.75 Å². The normalized spacial score (nSPS) is 9.56. The lowest BCUT2D eigenvalue weighted by atomic mass is 10.1. The zero-order valence-corrected chi connectivity index (χ0v) is 10.2. The van der Waals surface area contributed by atoms with E-state index < -0.39 is 0 Å². The minimum absolute atomic E-state index is 0. The van der Waals surface area contributed by atoms with Gasteiger partial charge in [0.2, 0.25) is 0 Å². The van der Waals surface area contributed by atoms with E-state index in [2.05, 4.69) is 12.2 Å². The predicted octanol–water partition coefficient (Wildman–Crippen LogP) is 2.39. The standard InChI is InChI=1S/C12H17NO2.ClH/c1-2-3-8-13-9-12(15)10-4-6-11(14)7-5-10;/h4-7,13-14H,2-3,8-9H2,1H3;1H. The molecular formula is C12H18ClNO2. The maximum absolute atomic E-state index is 11.6. The van der Waals surface area contributed by atoms with Crippen molar-refractivity contribution < 1.29 is 9.90 Å². The Hall–Kier alpha value is -1.06. The van der Waals surface area contributed by atoms with E-state index >= 15 is 0 Å². The molecule has 2 N–H and O–H groups in total. The van der Waals surface area contributed by atoms with Gasteiger partial charge in [0.15, 0.2) is 5.78 Å². The fraction of sp³-hybridized carbons (Fsp3) is 0.417. The highest BCUT2D eigenvalue weighted by Gasteiger charge is 2.04. The molecule has 0 bridgehead atoms. The smallest absolute Gasteiger partial charge is 0.176 e. The number of ketones is 1. The van der Waals surface area contributed by atoms with Crippen LogP contribution in [0.4, 0.5) is 0 Å². The zero-order valence-electron chi connectivity index (χ0n) is 9.40. The molecule has 0 aromatic heterocycles. The second kappa shape index (κ2) is 8.13. The number of unbranched alkanes of at least 4 members (excludes halogenated alkanes) is 1. The molecule has 0 fully saturated rings. The molecule has 0 saturated heterocycles. The first-order valence-corrected chi connectivity index (χ1v) is 5.27. The van der Waals surface area contributed by atoms with Crippen molar-refractivity contribution in [2.45, 2.75) is 19.8 Å². The number of hydrogen-bond donors (Lipinski definition) is 2. The lowest BCUT2D eigenvalue weighted by Gasteiger charge is -2.03. The van der Waals surface area contributed by atoms with Crippen molar-refractivity contribution in [2.24, 2.45) is 0 Å². The van der Waals surface area contributed by atoms with Gasteiger partial charge in [0, 0.05) is 5.56 Å². The van der Waals surface area contributed by atoms with E-state index in [1.54, 1.807) is 12.1 Å². The molecule has 1 rings (SSSR count). The summed E-state index contributed by atoms with van der Waals surface area (Å²) in [6.07, 6.45) is 2.21. The Morgan fingerprint density at radius 3 is 2.50 bits per heavy atom. The van der Waals surface area contributed by atoms with Crippen LogP contribution < -0.4 is 5.32 Å². The number of Topliss-reactive ketones (excluding diaryl/α,β-unsaturated/α-hetero) is 1. The Morgan fingerprint density at radius 1 is 1.31 bits per heavy atom. The highest BCUT2D eigenvalue weighted by molar-refractivity contribution is 5.97. The van der Waals surface area contributed by atoms with Crippen molar-refractivity contribution in [3.63, 3.8) is 0 Å². The van der Waals surface area contributed by atoms with Crippen LogP contribution in [0.2, 0.25) is 0 Å². The minimum Gasteiger partial charge on any atom is -0.508 e. The summed E-state index contributed by atoms with van der Waals surface area (Å²) in [6, 6.07) is 6.33. The van der Waals surface area contributed by atoms with Crippen molar-refractivity contribution in [3.8, 4) is 5.75 Å². The Morgan fingerprint density at radius 2 is 1.94 bits per heavy atom. The van der Waals surface area contributed by atoms with Gasteiger partial charge >= 0.3 is 0 Å². The summed E-state index contributed by atoms with van der Waals surface area (Å²) in [6.45, 7) is 3.36. The van der Waals surface area contributed by atoms with Gasteiger partial charge in [-0.25, -0.2) is 0 Å². The molecular weight excluding hydrogens is 226 g/mol. The maximum atomic E-state index is 11.6. The minimum atomic E-state index is 0. The van der Waals surface area contributed by atoms with Crippen LogP contribution in [0.3, 0.4) is 0 Å². The van der Waals surface area contributed by atoms with E-state index in [1.807, 2.05) is 0 Å². The lowest BCUT2D eigenvalue weighted by Crippen LogP contribution is -2.23. The van der Waals surface area contributed by atoms with Gasteiger partial charge in [-0.1, -0.05) is 13.3 Å². The zero-order chi connectivity index (χ0) is 11.1. The van der Waals surface area contributed by atoms with Crippen LogP contribution in [0, 0.1) is 0 Å². The summed E-state index contributed by atoms with van der Waals surface area (Å²) >= 11 is 0. The number of hydrogen-bond acceptors (Lipinski definition) is 3. The topological polar surface area (TPSA) is 49.3 Å². The SMILES string of the molecule is CCCCNCC(=O)c1ccc(O)cc1.Cl. The Kier molecular flexibility index (Phi) is 7.60. The van der Waals surface area contributed by atoms with Gasteiger partial charge < -0.3 is 10.4 Å². The fourth-order valence-corrected chi connectivity index (χ4v) is 1.25. The third-order valence-electron chi connectivity index (χ3n) is 2.18. The van der Waals surface area contributed by atoms with Gasteiger partial charge in [-0.2, -0.15) is 0 Å². The van der Waals surface area contributed by atoms with Gasteiger partial charge in [0.05, 0.1) is 6.54 Å². The molecule has 1 aromatic rings. The van der Waals surface area contributed by atoms with Crippen LogP contribution in [0.25, 0.3) is 0 Å². The average Bonchev–Trinajstić information content (AvgIpc) is 2.25. The van der Waals surface area contributed by atoms with E-state index in [-0.39, 0.29) is 23.9 Å². The van der Waals surface area contributed by atoms with Crippen molar-refractivity contribution in [1.29, 1.82) is 0 Å². The van der Waals surface area contributed by atoms with Crippen molar-refractivity contribution in [2.75, 3.05) is 13.1 Å². The molecule has 0 amide bonds. The van der Waals surface area contributed by atoms with Gasteiger partial charge in [-0.3, -0.25) is 4.79 Å². The first-order chi connectivity index (χ1) is 7.24. The number of rotatable bonds is 6. The summed E-state index contributed by atoms with van der Waals surface area (Å²) in [7, 11) is 0. The summed E-state index contributed by atoms with van der Waals surface area (Å²) in [4.78, 5) is 11.6. The second-order valence-electron chi connectivity index (χ2n) is 3.50. The van der Waals surface area contributed by atoms with E-state index in [1.165, 1.54) is 12.1 Å². The van der Waals surface area contributed by atoms with Crippen LogP contribution in [0.1, 0.15) is 30.1 Å². The molecule has 1 aromatic carbocycles. The van der Waals surface area contributed by atoms with Crippen LogP contribution in [0.15, 0.2) is 24.3 Å². The average molecular weight is 244 g/mol. The molecule has 0 aliphatic carbocycles. The molecule has 0 saturated carbocycles. The van der Waals surface area contributed by atoms with E-state index in [4.69, 9.17) is 5.11 Å². The van der Waals surface area contributed by atoms with E-state index in [0.717, 1.165) is 19.4 Å². The Labute approximate surface area is 102 Å². The van der Waals surface area contributed by atoms with Crippen molar-refractivity contribution in [3.05, 3.63) is 29.8 Å². The molecule has 90 valence electrons. The highest BCUT2D eigenvalue weighted by Crippen LogP contribution is 2.09. The first kappa shape index (κ1) is 14.9. The molecule has 4 heteroatoms. The number of aromatic hydroxyl groups is 1. The first-order valence-electron chi connectivity index (χ1n) is 5.27. The quantitative estimate of drug-likeness (QED) is 0.596. The fourth-order valence-electron chi connectivity index (χ4n) is 1.25. The largest absolute Gasteiger partial charge is 0.508 e. The molecule has 0 aliphatic rings. The number of phenolic OH excluding ortho intramolecular Hbond substituents is 1. The lowest BCUT2D eigenvalue weighted by molar-refractivity contribution is 0.0991. The molecule has 16 heavy (non-hydrogen) atoms. The maximum Gasteiger partial charge on any atom is 0.176 e. The Balaban J connectivity index is 0.00000225. The molecule has 0 spiro atoms. The van der Waals surface area contributed by atoms with Crippen LogP contribution in [-0.2, 0) is 0 Å². The monoisotopic (exact) mass is 243 g/mol. The van der Waals surface area contributed by atoms with Gasteiger partial charge in [0.25, 0.3) is 0 Å². The van der Waals surface area contributed by atoms with Crippen LogP contribution >= 0.6 is 12.4 Å². The van der Waals surface area contributed by atoms with Crippen LogP contribution in [-0.4, -0.2) is 24.0 Å². The molecule has 0 heterocycles. The number of benzene rings is 1. The molecule has 0 atom stereocenters. The van der Waals surface area contributed by atoms with E-state index in [9.17, 15) is 4.79 Å². The molecule has 0 unspecified atom stereocenters. The third kappa shape index (κ3) is 5.14. The molecule has 0 aliphatic heterocycles. The number of carbonyl (C=O) groups is 1. The van der Waals surface area contributed by atoms with Gasteiger partial charge in [0.1, 0.15) is 5.75 Å². The number of carbonyl (C=O) groups excluding carboxylic acids is 1. The highest BCUT2D eigenvalue weighted by atomic mass is 35.5. The number of phenols is 1. The predicted molar refractivity (Wildman–Crippen MR) is 67.5 cm³/mol. The van der Waals surface area contributed by atoms with Crippen molar-refractivity contribution >= 4 is 18.2 Å². The summed E-state index contributed by atoms with van der Waals surface area (Å²) in [5, 5.41) is 12.1. The Bertz CT molecular complexity index is 311. The summed E-state index contributed by atoms with van der Waals surface area (Å²) < 4.78 is 0. The second-order valence-corrected chi connectivity index (χ2v) is 3.50. The number of halogens is 1.